The van der Waals surface area contributed by atoms with Gasteiger partial charge >= 0.3 is 0 Å². The molecule has 0 aliphatic carbocycles. The third kappa shape index (κ3) is 8.06. The Labute approximate surface area is 158 Å². The van der Waals surface area contributed by atoms with E-state index in [9.17, 15) is 0 Å². The van der Waals surface area contributed by atoms with Gasteiger partial charge in [0, 0.05) is 26.2 Å². The van der Waals surface area contributed by atoms with Crippen molar-refractivity contribution in [1.82, 2.24) is 15.5 Å². The molecule has 26 heavy (non-hydrogen) atoms. The lowest BCUT2D eigenvalue weighted by molar-refractivity contribution is 0.114. The first-order valence-electron chi connectivity index (χ1n) is 9.67. The van der Waals surface area contributed by atoms with Crippen LogP contribution in [0.2, 0.25) is 0 Å². The predicted molar refractivity (Wildman–Crippen MR) is 107 cm³/mol. The molecule has 0 amide bonds. The van der Waals surface area contributed by atoms with E-state index in [0.717, 1.165) is 63.8 Å². The zero-order chi connectivity index (χ0) is 18.6. The van der Waals surface area contributed by atoms with Crippen LogP contribution < -0.4 is 15.4 Å². The first kappa shape index (κ1) is 20.5. The van der Waals surface area contributed by atoms with Crippen LogP contribution in [0.5, 0.6) is 5.75 Å². The molecule has 146 valence electrons. The first-order valence-corrected chi connectivity index (χ1v) is 9.67. The molecule has 1 fully saturated rings. The molecular weight excluding hydrogens is 328 g/mol. The Kier molecular flexibility index (Phi) is 9.28. The molecule has 0 radical (unpaired) electrons. The molecule has 1 aromatic rings. The summed E-state index contributed by atoms with van der Waals surface area (Å²) in [7, 11) is 4.15. The summed E-state index contributed by atoms with van der Waals surface area (Å²) in [6.07, 6.45) is 3.62. The van der Waals surface area contributed by atoms with Crippen LogP contribution in [-0.4, -0.2) is 63.9 Å². The summed E-state index contributed by atoms with van der Waals surface area (Å²) in [6, 6.07) is 8.20. The third-order valence-electron chi connectivity index (χ3n) is 4.23. The topological polar surface area (TPSA) is 58.1 Å². The Hall–Kier alpha value is -1.79. The maximum atomic E-state index is 5.77. The van der Waals surface area contributed by atoms with Gasteiger partial charge in [0.25, 0.3) is 0 Å². The molecule has 0 spiro atoms. The number of nitrogens with zero attached hydrogens (tertiary/aromatic N) is 2. The maximum Gasteiger partial charge on any atom is 0.191 e. The summed E-state index contributed by atoms with van der Waals surface area (Å²) in [4.78, 5) is 6.83. The Bertz CT molecular complexity index is 525. The summed E-state index contributed by atoms with van der Waals surface area (Å²) in [5.74, 6) is 1.76. The Morgan fingerprint density at radius 3 is 2.73 bits per heavy atom. The van der Waals surface area contributed by atoms with E-state index in [0.29, 0.717) is 12.6 Å². The molecule has 0 bridgehead atoms. The van der Waals surface area contributed by atoms with Crippen molar-refractivity contribution in [1.29, 1.82) is 0 Å². The standard InChI is InChI=1S/C20H34N4O2/c1-4-21-20(23-16-19-7-5-13-26-19)22-15-17-8-10-18(11-9-17)25-14-6-12-24(2)3/h8-11,19H,4-7,12-16H2,1-3H3,(H2,21,22,23). The second kappa shape index (κ2) is 11.8. The summed E-state index contributed by atoms with van der Waals surface area (Å²) in [5, 5.41) is 6.66. The van der Waals surface area contributed by atoms with Gasteiger partial charge in [-0.15, -0.1) is 0 Å². The Morgan fingerprint density at radius 2 is 2.08 bits per heavy atom. The van der Waals surface area contributed by atoms with Crippen LogP contribution in [-0.2, 0) is 11.3 Å². The first-order chi connectivity index (χ1) is 12.7. The van der Waals surface area contributed by atoms with Gasteiger partial charge in [-0.2, -0.15) is 0 Å². The second-order valence-corrected chi connectivity index (χ2v) is 6.86. The highest BCUT2D eigenvalue weighted by Crippen LogP contribution is 2.13. The quantitative estimate of drug-likeness (QED) is 0.380. The van der Waals surface area contributed by atoms with Crippen molar-refractivity contribution in [3.8, 4) is 5.75 Å². The van der Waals surface area contributed by atoms with Crippen molar-refractivity contribution < 1.29 is 9.47 Å². The highest BCUT2D eigenvalue weighted by Gasteiger charge is 2.15. The lowest BCUT2D eigenvalue weighted by Gasteiger charge is -2.14. The molecule has 1 aliphatic rings. The van der Waals surface area contributed by atoms with Gasteiger partial charge < -0.3 is 25.0 Å². The van der Waals surface area contributed by atoms with Gasteiger partial charge in [0.1, 0.15) is 5.75 Å². The molecule has 6 nitrogen and oxygen atoms in total. The van der Waals surface area contributed by atoms with Crippen molar-refractivity contribution in [2.75, 3.05) is 46.9 Å². The number of guanidine groups is 1. The molecule has 1 heterocycles. The molecular formula is C20H34N4O2. The summed E-state index contributed by atoms with van der Waals surface area (Å²) < 4.78 is 11.4. The molecule has 0 saturated carbocycles. The third-order valence-corrected chi connectivity index (χ3v) is 4.23. The van der Waals surface area contributed by atoms with Gasteiger partial charge in [-0.1, -0.05) is 12.1 Å². The number of hydrogen-bond donors (Lipinski definition) is 2. The van der Waals surface area contributed by atoms with Gasteiger partial charge in [0.2, 0.25) is 0 Å². The number of ether oxygens (including phenoxy) is 2. The number of hydrogen-bond acceptors (Lipinski definition) is 4. The molecule has 2 rings (SSSR count). The average Bonchev–Trinajstić information content (AvgIpc) is 3.15. The Morgan fingerprint density at radius 1 is 1.27 bits per heavy atom. The molecule has 1 aliphatic heterocycles. The van der Waals surface area contributed by atoms with E-state index >= 15 is 0 Å². The lowest BCUT2D eigenvalue weighted by atomic mass is 10.2. The molecule has 6 heteroatoms. The van der Waals surface area contributed by atoms with Crippen molar-refractivity contribution in [3.05, 3.63) is 29.8 Å². The van der Waals surface area contributed by atoms with Gasteiger partial charge in [0.15, 0.2) is 5.96 Å². The van der Waals surface area contributed by atoms with Gasteiger partial charge in [-0.05, 0) is 58.0 Å². The summed E-state index contributed by atoms with van der Waals surface area (Å²) in [6.45, 7) is 7.03. The van der Waals surface area contributed by atoms with E-state index in [2.05, 4.69) is 53.7 Å². The fourth-order valence-electron chi connectivity index (χ4n) is 2.79. The number of nitrogens with one attached hydrogen (secondary N) is 2. The molecule has 1 atom stereocenters. The van der Waals surface area contributed by atoms with E-state index in [1.165, 1.54) is 5.56 Å². The van der Waals surface area contributed by atoms with Crippen LogP contribution in [0.25, 0.3) is 0 Å². The maximum absolute atomic E-state index is 5.77. The number of benzene rings is 1. The van der Waals surface area contributed by atoms with E-state index < -0.39 is 0 Å². The fourth-order valence-corrected chi connectivity index (χ4v) is 2.79. The molecule has 1 unspecified atom stereocenters. The van der Waals surface area contributed by atoms with Crippen LogP contribution in [0.4, 0.5) is 0 Å². The smallest absolute Gasteiger partial charge is 0.191 e. The number of rotatable bonds is 10. The van der Waals surface area contributed by atoms with Gasteiger partial charge in [-0.3, -0.25) is 0 Å². The van der Waals surface area contributed by atoms with E-state index in [1.807, 2.05) is 12.1 Å². The molecule has 2 N–H and O–H groups in total. The van der Waals surface area contributed by atoms with Crippen molar-refractivity contribution in [2.45, 2.75) is 38.8 Å². The summed E-state index contributed by atoms with van der Waals surface area (Å²) >= 11 is 0. The highest BCUT2D eigenvalue weighted by molar-refractivity contribution is 5.79. The summed E-state index contributed by atoms with van der Waals surface area (Å²) in [5.41, 5.74) is 1.17. The van der Waals surface area contributed by atoms with Crippen molar-refractivity contribution >= 4 is 5.96 Å². The van der Waals surface area contributed by atoms with Gasteiger partial charge in [0.05, 0.1) is 19.3 Å². The minimum atomic E-state index is 0.308. The Balaban J connectivity index is 1.76. The molecule has 1 saturated heterocycles. The van der Waals surface area contributed by atoms with E-state index in [1.54, 1.807) is 0 Å². The fraction of sp³-hybridized carbons (Fsp3) is 0.650. The van der Waals surface area contributed by atoms with Crippen LogP contribution in [0.1, 0.15) is 31.7 Å². The molecule has 1 aromatic carbocycles. The molecule has 0 aromatic heterocycles. The van der Waals surface area contributed by atoms with Crippen LogP contribution in [0.3, 0.4) is 0 Å². The zero-order valence-electron chi connectivity index (χ0n) is 16.5. The minimum absolute atomic E-state index is 0.308. The van der Waals surface area contributed by atoms with Crippen LogP contribution in [0, 0.1) is 0 Å². The average molecular weight is 363 g/mol. The van der Waals surface area contributed by atoms with Crippen molar-refractivity contribution in [2.24, 2.45) is 4.99 Å². The minimum Gasteiger partial charge on any atom is -0.494 e. The largest absolute Gasteiger partial charge is 0.494 e. The zero-order valence-corrected chi connectivity index (χ0v) is 16.5. The second-order valence-electron chi connectivity index (χ2n) is 6.86. The number of aliphatic imine (C=N–C) groups is 1. The monoisotopic (exact) mass is 362 g/mol. The lowest BCUT2D eigenvalue weighted by Crippen LogP contribution is -2.41. The van der Waals surface area contributed by atoms with Crippen molar-refractivity contribution in [3.63, 3.8) is 0 Å². The SMILES string of the molecule is CCNC(=NCc1ccc(OCCCN(C)C)cc1)NCC1CCCO1. The normalized spacial score (nSPS) is 17.5. The highest BCUT2D eigenvalue weighted by atomic mass is 16.5. The van der Waals surface area contributed by atoms with Crippen LogP contribution >= 0.6 is 0 Å². The van der Waals surface area contributed by atoms with Gasteiger partial charge in [-0.25, -0.2) is 4.99 Å². The van der Waals surface area contributed by atoms with E-state index in [4.69, 9.17) is 9.47 Å². The van der Waals surface area contributed by atoms with Crippen LogP contribution in [0.15, 0.2) is 29.3 Å². The van der Waals surface area contributed by atoms with E-state index in [-0.39, 0.29) is 0 Å². The predicted octanol–water partition coefficient (Wildman–Crippen LogP) is 2.25.